The molecule has 0 aromatic carbocycles. The molecule has 15 heavy (non-hydrogen) atoms. The Morgan fingerprint density at radius 2 is 2.47 bits per heavy atom. The van der Waals surface area contributed by atoms with Crippen LogP contribution in [0.2, 0.25) is 0 Å². The molecule has 1 aromatic rings. The smallest absolute Gasteiger partial charge is 0.324 e. The van der Waals surface area contributed by atoms with Crippen LogP contribution in [0.15, 0.2) is 24.4 Å². The minimum Gasteiger partial charge on any atom is -0.480 e. The third-order valence-corrected chi connectivity index (χ3v) is 2.86. The number of nitrogens with one attached hydrogen (secondary N) is 1. The number of carboxylic acids is 1. The monoisotopic (exact) mass is 206 g/mol. The molecule has 1 aliphatic rings. The fourth-order valence-corrected chi connectivity index (χ4v) is 2.03. The van der Waals surface area contributed by atoms with Crippen LogP contribution < -0.4 is 5.32 Å². The quantitative estimate of drug-likeness (QED) is 0.769. The molecule has 1 aromatic heterocycles. The van der Waals surface area contributed by atoms with Crippen molar-refractivity contribution in [3.05, 3.63) is 30.1 Å². The molecule has 2 rings (SSSR count). The molecular weight excluding hydrogens is 192 g/mol. The normalized spacial score (nSPS) is 25.3. The molecule has 80 valence electrons. The highest BCUT2D eigenvalue weighted by Crippen LogP contribution is 2.23. The van der Waals surface area contributed by atoms with Crippen LogP contribution in [0.3, 0.4) is 0 Å². The molecule has 0 radical (unpaired) electrons. The van der Waals surface area contributed by atoms with E-state index < -0.39 is 11.5 Å². The van der Waals surface area contributed by atoms with E-state index in [0.717, 1.165) is 18.7 Å². The van der Waals surface area contributed by atoms with Gasteiger partial charge in [0, 0.05) is 18.3 Å². The molecule has 0 bridgehead atoms. The van der Waals surface area contributed by atoms with Gasteiger partial charge >= 0.3 is 5.97 Å². The number of carbonyl (C=O) groups is 1. The van der Waals surface area contributed by atoms with Gasteiger partial charge in [0.05, 0.1) is 0 Å². The van der Waals surface area contributed by atoms with Gasteiger partial charge in [-0.3, -0.25) is 9.78 Å². The van der Waals surface area contributed by atoms with Crippen molar-refractivity contribution in [2.45, 2.75) is 24.8 Å². The second-order valence-corrected chi connectivity index (χ2v) is 3.92. The number of aliphatic carboxylic acids is 1. The molecular formula is C11H14N2O2. The van der Waals surface area contributed by atoms with E-state index in [4.69, 9.17) is 0 Å². The Hall–Kier alpha value is -1.42. The van der Waals surface area contributed by atoms with Crippen LogP contribution in [-0.4, -0.2) is 28.1 Å². The van der Waals surface area contributed by atoms with Crippen molar-refractivity contribution in [3.8, 4) is 0 Å². The Morgan fingerprint density at radius 1 is 1.60 bits per heavy atom. The average molecular weight is 206 g/mol. The third-order valence-electron chi connectivity index (χ3n) is 2.86. The second-order valence-electron chi connectivity index (χ2n) is 3.92. The molecule has 0 aliphatic carbocycles. The standard InChI is InChI=1S/C11H14N2O2/c14-10(15)11(5-3-7-13-11)8-9-4-1-2-6-12-9/h1-2,4,6,13H,3,5,7-8H2,(H,14,15)/t11-/m1/s1. The first-order chi connectivity index (χ1) is 7.23. The van der Waals surface area contributed by atoms with Crippen molar-refractivity contribution in [2.75, 3.05) is 6.54 Å². The largest absolute Gasteiger partial charge is 0.480 e. The predicted molar refractivity (Wildman–Crippen MR) is 55.5 cm³/mol. The zero-order chi connectivity index (χ0) is 10.7. The van der Waals surface area contributed by atoms with Crippen LogP contribution >= 0.6 is 0 Å². The van der Waals surface area contributed by atoms with Crippen molar-refractivity contribution in [3.63, 3.8) is 0 Å². The van der Waals surface area contributed by atoms with Gasteiger partial charge in [-0.2, -0.15) is 0 Å². The average Bonchev–Trinajstić information content (AvgIpc) is 2.69. The van der Waals surface area contributed by atoms with E-state index >= 15 is 0 Å². The number of carboxylic acid groups (broad SMARTS) is 1. The number of hydrogen-bond donors (Lipinski definition) is 2. The van der Waals surface area contributed by atoms with Crippen molar-refractivity contribution in [1.82, 2.24) is 10.3 Å². The maximum Gasteiger partial charge on any atom is 0.324 e. The zero-order valence-corrected chi connectivity index (χ0v) is 8.44. The first kappa shape index (κ1) is 10.1. The maximum absolute atomic E-state index is 11.2. The van der Waals surface area contributed by atoms with E-state index in [9.17, 15) is 9.90 Å². The first-order valence-electron chi connectivity index (χ1n) is 5.11. The van der Waals surface area contributed by atoms with Gasteiger partial charge < -0.3 is 10.4 Å². The fraction of sp³-hybridized carbons (Fsp3) is 0.455. The molecule has 1 atom stereocenters. The minimum atomic E-state index is -0.797. The molecule has 1 aliphatic heterocycles. The van der Waals surface area contributed by atoms with Gasteiger partial charge in [-0.1, -0.05) is 6.07 Å². The van der Waals surface area contributed by atoms with Crippen molar-refractivity contribution < 1.29 is 9.90 Å². The van der Waals surface area contributed by atoms with Crippen LogP contribution in [0.25, 0.3) is 0 Å². The van der Waals surface area contributed by atoms with Crippen LogP contribution in [0, 0.1) is 0 Å². The predicted octanol–water partition coefficient (Wildman–Crippen LogP) is 0.831. The topological polar surface area (TPSA) is 62.2 Å². The summed E-state index contributed by atoms with van der Waals surface area (Å²) in [6, 6.07) is 5.58. The summed E-state index contributed by atoms with van der Waals surface area (Å²) in [5, 5.41) is 12.3. The molecule has 0 unspecified atom stereocenters. The van der Waals surface area contributed by atoms with Gasteiger partial charge in [0.15, 0.2) is 0 Å². The van der Waals surface area contributed by atoms with Crippen LogP contribution in [0.5, 0.6) is 0 Å². The lowest BCUT2D eigenvalue weighted by Crippen LogP contribution is -2.49. The van der Waals surface area contributed by atoms with E-state index in [1.165, 1.54) is 0 Å². The number of aromatic nitrogens is 1. The minimum absolute atomic E-state index is 0.461. The van der Waals surface area contributed by atoms with E-state index in [1.54, 1.807) is 6.20 Å². The van der Waals surface area contributed by atoms with E-state index in [-0.39, 0.29) is 0 Å². The van der Waals surface area contributed by atoms with E-state index in [2.05, 4.69) is 10.3 Å². The fourth-order valence-electron chi connectivity index (χ4n) is 2.03. The van der Waals surface area contributed by atoms with Crippen molar-refractivity contribution >= 4 is 5.97 Å². The van der Waals surface area contributed by atoms with Gasteiger partial charge in [0.25, 0.3) is 0 Å². The summed E-state index contributed by atoms with van der Waals surface area (Å²) in [4.78, 5) is 15.4. The highest BCUT2D eigenvalue weighted by Gasteiger charge is 2.41. The Morgan fingerprint density at radius 3 is 3.00 bits per heavy atom. The second kappa shape index (κ2) is 3.98. The number of hydrogen-bond acceptors (Lipinski definition) is 3. The third kappa shape index (κ3) is 1.99. The summed E-state index contributed by atoms with van der Waals surface area (Å²) >= 11 is 0. The number of nitrogens with zero attached hydrogens (tertiary/aromatic N) is 1. The molecule has 1 saturated heterocycles. The summed E-state index contributed by atoms with van der Waals surface area (Å²) in [6.45, 7) is 0.777. The lowest BCUT2D eigenvalue weighted by atomic mass is 9.91. The van der Waals surface area contributed by atoms with Crippen LogP contribution in [0.4, 0.5) is 0 Å². The van der Waals surface area contributed by atoms with Gasteiger partial charge in [0.1, 0.15) is 5.54 Å². The summed E-state index contributed by atoms with van der Waals surface area (Å²) in [5.41, 5.74) is 0.0308. The van der Waals surface area contributed by atoms with Gasteiger partial charge in [-0.25, -0.2) is 0 Å². The summed E-state index contributed by atoms with van der Waals surface area (Å²) < 4.78 is 0. The highest BCUT2D eigenvalue weighted by atomic mass is 16.4. The van der Waals surface area contributed by atoms with E-state index in [0.29, 0.717) is 12.8 Å². The SMILES string of the molecule is O=C(O)[C@]1(Cc2ccccn2)CCCN1. The Kier molecular flexibility index (Phi) is 2.68. The highest BCUT2D eigenvalue weighted by molar-refractivity contribution is 5.79. The van der Waals surface area contributed by atoms with Crippen LogP contribution in [0.1, 0.15) is 18.5 Å². The molecule has 2 N–H and O–H groups in total. The molecule has 0 amide bonds. The van der Waals surface area contributed by atoms with Crippen molar-refractivity contribution in [2.24, 2.45) is 0 Å². The Balaban J connectivity index is 2.18. The summed E-state index contributed by atoms with van der Waals surface area (Å²) in [6.07, 6.45) is 3.75. The molecule has 0 spiro atoms. The first-order valence-corrected chi connectivity index (χ1v) is 5.11. The number of pyridine rings is 1. The molecule has 4 nitrogen and oxygen atoms in total. The number of rotatable bonds is 3. The molecule has 4 heteroatoms. The Bertz CT molecular complexity index is 345. The van der Waals surface area contributed by atoms with E-state index in [1.807, 2.05) is 18.2 Å². The molecule has 2 heterocycles. The summed E-state index contributed by atoms with van der Waals surface area (Å²) in [7, 11) is 0. The molecule has 1 fully saturated rings. The Labute approximate surface area is 88.3 Å². The maximum atomic E-state index is 11.2. The molecule has 0 saturated carbocycles. The van der Waals surface area contributed by atoms with Gasteiger partial charge in [0.2, 0.25) is 0 Å². The van der Waals surface area contributed by atoms with Gasteiger partial charge in [-0.05, 0) is 31.5 Å². The lowest BCUT2D eigenvalue weighted by Gasteiger charge is -2.23. The lowest BCUT2D eigenvalue weighted by molar-refractivity contribution is -0.144. The zero-order valence-electron chi connectivity index (χ0n) is 8.44. The summed E-state index contributed by atoms with van der Waals surface area (Å²) in [5.74, 6) is -0.773. The van der Waals surface area contributed by atoms with Crippen molar-refractivity contribution in [1.29, 1.82) is 0 Å². The van der Waals surface area contributed by atoms with Gasteiger partial charge in [-0.15, -0.1) is 0 Å². The van der Waals surface area contributed by atoms with Crippen LogP contribution in [-0.2, 0) is 11.2 Å².